The minimum absolute atomic E-state index is 0.240. The number of halogens is 1. The molecule has 5 heteroatoms. The van der Waals surface area contributed by atoms with Gasteiger partial charge in [-0.3, -0.25) is 4.90 Å². The van der Waals surface area contributed by atoms with Crippen LogP contribution in [0.4, 0.5) is 15.8 Å². The third-order valence-electron chi connectivity index (χ3n) is 4.31. The summed E-state index contributed by atoms with van der Waals surface area (Å²) in [5, 5.41) is 6.70. The standard InChI is InChI=1S/C19H22FN3S/c1-14-17(20)8-5-9-18(14)22-19(24)21-16-7-4-6-15(12-16)13-23-10-2-3-11-23/h4-9,12H,2-3,10-11,13H2,1H3,(H2,21,22,24). The zero-order chi connectivity index (χ0) is 16.9. The molecule has 3 nitrogen and oxygen atoms in total. The average molecular weight is 343 g/mol. The normalized spacial score (nSPS) is 14.6. The third kappa shape index (κ3) is 4.30. The monoisotopic (exact) mass is 343 g/mol. The Morgan fingerprint density at radius 3 is 2.67 bits per heavy atom. The third-order valence-corrected chi connectivity index (χ3v) is 4.51. The highest BCUT2D eigenvalue weighted by Crippen LogP contribution is 2.19. The van der Waals surface area contributed by atoms with E-state index in [2.05, 4.69) is 27.7 Å². The molecular formula is C19H22FN3S. The first-order chi connectivity index (χ1) is 11.6. The zero-order valence-corrected chi connectivity index (χ0v) is 14.6. The highest BCUT2D eigenvalue weighted by Gasteiger charge is 2.12. The second kappa shape index (κ2) is 7.73. The van der Waals surface area contributed by atoms with E-state index in [0.717, 1.165) is 12.2 Å². The molecule has 0 amide bonds. The van der Waals surface area contributed by atoms with Crippen LogP contribution in [0.1, 0.15) is 24.0 Å². The molecule has 2 aromatic rings. The molecule has 126 valence electrons. The summed E-state index contributed by atoms with van der Waals surface area (Å²) in [7, 11) is 0. The van der Waals surface area contributed by atoms with Crippen molar-refractivity contribution in [2.45, 2.75) is 26.3 Å². The minimum Gasteiger partial charge on any atom is -0.332 e. The number of nitrogens with one attached hydrogen (secondary N) is 2. The van der Waals surface area contributed by atoms with Crippen molar-refractivity contribution in [3.8, 4) is 0 Å². The van der Waals surface area contributed by atoms with Gasteiger partial charge in [0.1, 0.15) is 5.82 Å². The van der Waals surface area contributed by atoms with E-state index in [1.165, 1.54) is 37.6 Å². The van der Waals surface area contributed by atoms with Gasteiger partial charge in [0.05, 0.1) is 0 Å². The molecule has 0 unspecified atom stereocenters. The second-order valence-corrected chi connectivity index (χ2v) is 6.58. The Hall–Kier alpha value is -1.98. The van der Waals surface area contributed by atoms with Crippen molar-refractivity contribution in [1.82, 2.24) is 4.90 Å². The van der Waals surface area contributed by atoms with Gasteiger partial charge in [-0.2, -0.15) is 0 Å². The van der Waals surface area contributed by atoms with Crippen LogP contribution in [0.15, 0.2) is 42.5 Å². The van der Waals surface area contributed by atoms with Gasteiger partial charge in [0.25, 0.3) is 0 Å². The summed E-state index contributed by atoms with van der Waals surface area (Å²) in [4.78, 5) is 2.46. The Kier molecular flexibility index (Phi) is 5.43. The molecule has 0 spiro atoms. The van der Waals surface area contributed by atoms with Gasteiger partial charge in [-0.1, -0.05) is 18.2 Å². The average Bonchev–Trinajstić information content (AvgIpc) is 3.05. The predicted molar refractivity (Wildman–Crippen MR) is 102 cm³/mol. The van der Waals surface area contributed by atoms with Gasteiger partial charge >= 0.3 is 0 Å². The largest absolute Gasteiger partial charge is 0.332 e. The molecule has 2 N–H and O–H groups in total. The summed E-state index contributed by atoms with van der Waals surface area (Å²) < 4.78 is 13.6. The lowest BCUT2D eigenvalue weighted by atomic mass is 10.2. The second-order valence-electron chi connectivity index (χ2n) is 6.18. The molecule has 24 heavy (non-hydrogen) atoms. The molecule has 1 fully saturated rings. The number of anilines is 2. The van der Waals surface area contributed by atoms with Crippen LogP contribution in [0.3, 0.4) is 0 Å². The Bertz CT molecular complexity index is 726. The maximum absolute atomic E-state index is 13.6. The molecule has 1 aliphatic heterocycles. The maximum Gasteiger partial charge on any atom is 0.175 e. The Labute approximate surface area is 147 Å². The van der Waals surface area contributed by atoms with E-state index >= 15 is 0 Å². The number of hydrogen-bond acceptors (Lipinski definition) is 2. The molecule has 0 saturated carbocycles. The molecule has 0 atom stereocenters. The van der Waals surface area contributed by atoms with E-state index < -0.39 is 0 Å². The Morgan fingerprint density at radius 1 is 1.12 bits per heavy atom. The first kappa shape index (κ1) is 16.9. The van der Waals surface area contributed by atoms with E-state index in [-0.39, 0.29) is 5.82 Å². The quantitative estimate of drug-likeness (QED) is 0.797. The molecule has 1 aliphatic rings. The van der Waals surface area contributed by atoms with Gasteiger partial charge in [-0.15, -0.1) is 0 Å². The summed E-state index contributed by atoms with van der Waals surface area (Å²) in [5.41, 5.74) is 3.45. The van der Waals surface area contributed by atoms with Gasteiger partial charge in [0.15, 0.2) is 5.11 Å². The topological polar surface area (TPSA) is 27.3 Å². The smallest absolute Gasteiger partial charge is 0.175 e. The van der Waals surface area contributed by atoms with E-state index in [0.29, 0.717) is 16.4 Å². The molecule has 2 aromatic carbocycles. The molecule has 1 heterocycles. The van der Waals surface area contributed by atoms with Crippen LogP contribution in [0.25, 0.3) is 0 Å². The molecule has 0 radical (unpaired) electrons. The van der Waals surface area contributed by atoms with E-state index in [9.17, 15) is 4.39 Å². The van der Waals surface area contributed by atoms with Gasteiger partial charge in [0, 0.05) is 23.5 Å². The van der Waals surface area contributed by atoms with E-state index in [4.69, 9.17) is 12.2 Å². The highest BCUT2D eigenvalue weighted by molar-refractivity contribution is 7.80. The minimum atomic E-state index is -0.240. The van der Waals surface area contributed by atoms with Crippen LogP contribution in [0.5, 0.6) is 0 Å². The fourth-order valence-electron chi connectivity index (χ4n) is 2.97. The van der Waals surface area contributed by atoms with Crippen LogP contribution in [-0.4, -0.2) is 23.1 Å². The summed E-state index contributed by atoms with van der Waals surface area (Å²) in [6.07, 6.45) is 2.58. The van der Waals surface area contributed by atoms with Crippen LogP contribution in [0.2, 0.25) is 0 Å². The first-order valence-corrected chi connectivity index (χ1v) is 8.67. The van der Waals surface area contributed by atoms with Crippen molar-refractivity contribution in [3.05, 3.63) is 59.4 Å². The van der Waals surface area contributed by atoms with Crippen LogP contribution >= 0.6 is 12.2 Å². The summed E-state index contributed by atoms with van der Waals surface area (Å²) in [6, 6.07) is 13.2. The van der Waals surface area contributed by atoms with Crippen molar-refractivity contribution >= 4 is 28.7 Å². The first-order valence-electron chi connectivity index (χ1n) is 8.26. The maximum atomic E-state index is 13.6. The highest BCUT2D eigenvalue weighted by atomic mass is 32.1. The number of hydrogen-bond donors (Lipinski definition) is 2. The van der Waals surface area contributed by atoms with Gasteiger partial charge in [-0.05, 0) is 74.9 Å². The zero-order valence-electron chi connectivity index (χ0n) is 13.8. The van der Waals surface area contributed by atoms with Crippen LogP contribution < -0.4 is 10.6 Å². The molecular weight excluding hydrogens is 321 g/mol. The molecule has 0 bridgehead atoms. The lowest BCUT2D eigenvalue weighted by molar-refractivity contribution is 0.331. The van der Waals surface area contributed by atoms with Gasteiger partial charge < -0.3 is 10.6 Å². The lowest BCUT2D eigenvalue weighted by Crippen LogP contribution is -2.21. The number of nitrogens with zero attached hydrogens (tertiary/aromatic N) is 1. The van der Waals surface area contributed by atoms with Crippen molar-refractivity contribution in [2.24, 2.45) is 0 Å². The van der Waals surface area contributed by atoms with Gasteiger partial charge in [0.2, 0.25) is 0 Å². The number of thiocarbonyl (C=S) groups is 1. The van der Waals surface area contributed by atoms with Crippen molar-refractivity contribution in [2.75, 3.05) is 23.7 Å². The Balaban J connectivity index is 1.62. The number of benzene rings is 2. The fourth-order valence-corrected chi connectivity index (χ4v) is 3.20. The molecule has 1 saturated heterocycles. The van der Waals surface area contributed by atoms with E-state index in [1.54, 1.807) is 13.0 Å². The number of likely N-dealkylation sites (tertiary alicyclic amines) is 1. The summed E-state index contributed by atoms with van der Waals surface area (Å²) in [5.74, 6) is -0.240. The lowest BCUT2D eigenvalue weighted by Gasteiger charge is -2.16. The predicted octanol–water partition coefficient (Wildman–Crippen LogP) is 4.54. The van der Waals surface area contributed by atoms with Crippen molar-refractivity contribution < 1.29 is 4.39 Å². The summed E-state index contributed by atoms with van der Waals surface area (Å²) in [6.45, 7) is 5.06. The molecule has 3 rings (SSSR count). The van der Waals surface area contributed by atoms with Crippen LogP contribution in [-0.2, 0) is 6.54 Å². The van der Waals surface area contributed by atoms with Crippen molar-refractivity contribution in [1.29, 1.82) is 0 Å². The van der Waals surface area contributed by atoms with Gasteiger partial charge in [-0.25, -0.2) is 4.39 Å². The number of rotatable bonds is 4. The summed E-state index contributed by atoms with van der Waals surface area (Å²) >= 11 is 5.35. The Morgan fingerprint density at radius 2 is 1.88 bits per heavy atom. The van der Waals surface area contributed by atoms with Crippen LogP contribution in [0, 0.1) is 12.7 Å². The molecule has 0 aromatic heterocycles. The van der Waals surface area contributed by atoms with E-state index in [1.807, 2.05) is 18.2 Å². The SMILES string of the molecule is Cc1c(F)cccc1NC(=S)Nc1cccc(CN2CCCC2)c1. The molecule has 0 aliphatic carbocycles. The van der Waals surface area contributed by atoms with Crippen molar-refractivity contribution in [3.63, 3.8) is 0 Å². The fraction of sp³-hybridized carbons (Fsp3) is 0.316.